The Morgan fingerprint density at radius 3 is 1.97 bits per heavy atom. The van der Waals surface area contributed by atoms with Gasteiger partial charge in [-0.25, -0.2) is 24.9 Å². The van der Waals surface area contributed by atoms with Crippen molar-refractivity contribution in [3.05, 3.63) is 35.2 Å². The summed E-state index contributed by atoms with van der Waals surface area (Å²) in [5.41, 5.74) is 7.83. The first-order valence-corrected chi connectivity index (χ1v) is 9.28. The van der Waals surface area contributed by atoms with Gasteiger partial charge in [0.15, 0.2) is 22.6 Å². The zero-order valence-electron chi connectivity index (χ0n) is 17.8. The third kappa shape index (κ3) is 4.32. The van der Waals surface area contributed by atoms with Crippen molar-refractivity contribution >= 4 is 28.1 Å². The Labute approximate surface area is 175 Å². The lowest BCUT2D eigenvalue weighted by Gasteiger charge is -2.20. The molecule has 4 rings (SSSR count). The van der Waals surface area contributed by atoms with Gasteiger partial charge in [0.1, 0.15) is 17.7 Å². The van der Waals surface area contributed by atoms with E-state index in [9.17, 15) is 4.79 Å². The molecule has 0 aromatic carbocycles. The quantitative estimate of drug-likeness (QED) is 0.452. The Bertz CT molecular complexity index is 1220. The summed E-state index contributed by atoms with van der Waals surface area (Å²) in [7, 11) is 0. The monoisotopic (exact) mass is 413 g/mol. The molecule has 30 heavy (non-hydrogen) atoms. The molecule has 0 aliphatic rings. The average Bonchev–Trinajstić information content (AvgIpc) is 3.19. The highest BCUT2D eigenvalue weighted by molar-refractivity contribution is 5.81. The average molecular weight is 414 g/mol. The Morgan fingerprint density at radius 1 is 0.867 bits per heavy atom. The number of rotatable bonds is 0. The summed E-state index contributed by atoms with van der Waals surface area (Å²) in [5.74, 6) is 1.04. The summed E-state index contributed by atoms with van der Waals surface area (Å²) in [4.78, 5) is 34.9. The number of nitrogens with zero attached hydrogens (tertiary/aromatic N) is 7. The summed E-state index contributed by atoms with van der Waals surface area (Å²) in [6, 6.07) is 0. The number of nitrogen functional groups attached to an aromatic ring is 1. The number of anilines is 1. The van der Waals surface area contributed by atoms with Gasteiger partial charge < -0.3 is 19.9 Å². The van der Waals surface area contributed by atoms with Crippen LogP contribution in [0.2, 0.25) is 0 Å². The summed E-state index contributed by atoms with van der Waals surface area (Å²) in [6.45, 7) is 14.2. The van der Waals surface area contributed by atoms with Gasteiger partial charge in [0, 0.05) is 11.1 Å². The third-order valence-corrected chi connectivity index (χ3v) is 4.33. The van der Waals surface area contributed by atoms with Crippen molar-refractivity contribution in [3.8, 4) is 0 Å². The van der Waals surface area contributed by atoms with Crippen LogP contribution in [0.1, 0.15) is 54.8 Å². The zero-order chi connectivity index (χ0) is 21.6. The number of aromatic nitrogens is 8. The second-order valence-corrected chi connectivity index (χ2v) is 8.83. The minimum Gasteiger partial charge on any atom is -0.382 e. The number of nitrogens with one attached hydrogen (secondary N) is 1. The number of fused-ring (bicyclic) bond motifs is 2. The normalized spacial score (nSPS) is 11.8. The fourth-order valence-electron chi connectivity index (χ4n) is 2.85. The Morgan fingerprint density at radius 2 is 1.40 bits per heavy atom. The van der Waals surface area contributed by atoms with Crippen LogP contribution in [0.25, 0.3) is 22.3 Å². The zero-order valence-corrected chi connectivity index (χ0v) is 17.8. The maximum atomic E-state index is 11.6. The molecule has 10 nitrogen and oxygen atoms in total. The molecule has 10 heteroatoms. The minimum atomic E-state index is -0.180. The number of imidazole rings is 2. The highest BCUT2D eigenvalue weighted by Gasteiger charge is 2.19. The van der Waals surface area contributed by atoms with Gasteiger partial charge in [-0.3, -0.25) is 4.79 Å². The van der Waals surface area contributed by atoms with Gasteiger partial charge in [-0.05, 0) is 48.5 Å². The van der Waals surface area contributed by atoms with E-state index < -0.39 is 0 Å². The summed E-state index contributed by atoms with van der Waals surface area (Å²) < 4.78 is 3.89. The predicted octanol–water partition coefficient (Wildman–Crippen LogP) is 2.98. The smallest absolute Gasteiger partial charge is 0.279 e. The first kappa shape index (κ1) is 23.0. The van der Waals surface area contributed by atoms with Crippen molar-refractivity contribution in [1.82, 2.24) is 39.0 Å². The second-order valence-electron chi connectivity index (χ2n) is 8.83. The fraction of sp³-hybridized carbons (Fsp3) is 0.500. The number of nitrogens with two attached hydrogens (primary N) is 1. The third-order valence-electron chi connectivity index (χ3n) is 4.33. The molecule has 4 aromatic heterocycles. The predicted molar refractivity (Wildman–Crippen MR) is 119 cm³/mol. The summed E-state index contributed by atoms with van der Waals surface area (Å²) in [6.07, 6.45) is 4.86. The van der Waals surface area contributed by atoms with Gasteiger partial charge in [0.2, 0.25) is 0 Å². The van der Waals surface area contributed by atoms with Crippen LogP contribution in [-0.4, -0.2) is 39.0 Å². The Kier molecular flexibility index (Phi) is 6.01. The topological polar surface area (TPSA) is 133 Å². The van der Waals surface area contributed by atoms with Gasteiger partial charge in [-0.15, -0.1) is 0 Å². The largest absolute Gasteiger partial charge is 0.382 e. The molecule has 0 bridgehead atoms. The van der Waals surface area contributed by atoms with Crippen molar-refractivity contribution in [1.29, 1.82) is 0 Å². The van der Waals surface area contributed by atoms with Crippen molar-refractivity contribution in [2.24, 2.45) is 0 Å². The Hall–Kier alpha value is -3.30. The first-order chi connectivity index (χ1) is 13.4. The second kappa shape index (κ2) is 7.85. The van der Waals surface area contributed by atoms with E-state index in [0.29, 0.717) is 28.3 Å². The summed E-state index contributed by atoms with van der Waals surface area (Å²) >= 11 is 0. The van der Waals surface area contributed by atoms with Gasteiger partial charge in [0.05, 0.1) is 12.7 Å². The van der Waals surface area contributed by atoms with Gasteiger partial charge in [0.25, 0.3) is 5.56 Å². The molecular formula is C20H31N9O. The molecule has 0 saturated heterocycles. The molecule has 0 radical (unpaired) electrons. The van der Waals surface area contributed by atoms with E-state index in [1.165, 1.54) is 6.33 Å². The molecule has 0 aliphatic carbocycles. The van der Waals surface area contributed by atoms with Crippen LogP contribution in [-0.2, 0) is 11.1 Å². The number of aryl methyl sites for hydroxylation is 1. The minimum absolute atomic E-state index is 0. The molecule has 0 atom stereocenters. The van der Waals surface area contributed by atoms with Gasteiger partial charge in [-0.2, -0.15) is 0 Å². The summed E-state index contributed by atoms with van der Waals surface area (Å²) in [5, 5.41) is 0. The van der Waals surface area contributed by atoms with Crippen LogP contribution in [0, 0.1) is 6.92 Å². The van der Waals surface area contributed by atoms with Crippen LogP contribution >= 0.6 is 0 Å². The molecule has 0 fully saturated rings. The van der Waals surface area contributed by atoms with Crippen LogP contribution in [0.3, 0.4) is 0 Å². The molecule has 0 unspecified atom stereocenters. The van der Waals surface area contributed by atoms with Crippen molar-refractivity contribution in [2.75, 3.05) is 5.73 Å². The molecule has 0 saturated carbocycles. The van der Waals surface area contributed by atoms with Crippen molar-refractivity contribution in [2.45, 2.75) is 67.0 Å². The number of H-pyrrole nitrogens is 1. The molecule has 0 aliphatic heterocycles. The lowest BCUT2D eigenvalue weighted by molar-refractivity contribution is 0.405. The van der Waals surface area contributed by atoms with E-state index >= 15 is 0 Å². The lowest BCUT2D eigenvalue weighted by Crippen LogP contribution is -2.22. The maximum absolute atomic E-state index is 11.6. The van der Waals surface area contributed by atoms with Crippen LogP contribution in [0.5, 0.6) is 0 Å². The van der Waals surface area contributed by atoms with E-state index in [0.717, 1.165) is 5.65 Å². The highest BCUT2D eigenvalue weighted by Crippen LogP contribution is 2.22. The van der Waals surface area contributed by atoms with E-state index in [2.05, 4.69) is 50.7 Å². The van der Waals surface area contributed by atoms with Crippen LogP contribution in [0.15, 0.2) is 23.8 Å². The maximum Gasteiger partial charge on any atom is 0.279 e. The van der Waals surface area contributed by atoms with Crippen LogP contribution in [0.4, 0.5) is 5.82 Å². The number of hydrogen-bond donors (Lipinski definition) is 2. The molecule has 0 spiro atoms. The SMILES string of the molecule is C.CC(C)(C)n1cnc2c(N)ncnc21.Cc1nc2c(ncn2C(C)(C)C)c(=O)[nH]1. The standard InChI is InChI=1S/C10H14N4O.C9H13N5.CH4/c1-6-12-8-7(9(15)13-6)11-5-14(8)10(2,3)4;1-9(2,3)14-5-13-6-7(10)11-4-12-8(6)14;/h5H,1-4H3,(H,12,13,15);4-5H,1-3H3,(H2,10,11,12);1H4. The molecule has 3 N–H and O–H groups in total. The molecule has 4 heterocycles. The molecule has 4 aromatic rings. The van der Waals surface area contributed by atoms with Crippen molar-refractivity contribution in [3.63, 3.8) is 0 Å². The van der Waals surface area contributed by atoms with E-state index in [1.54, 1.807) is 19.6 Å². The Balaban J connectivity index is 0.000000207. The van der Waals surface area contributed by atoms with E-state index in [1.807, 2.05) is 29.9 Å². The van der Waals surface area contributed by atoms with E-state index in [4.69, 9.17) is 5.73 Å². The number of hydrogen-bond acceptors (Lipinski definition) is 7. The first-order valence-electron chi connectivity index (χ1n) is 9.28. The molecule has 162 valence electrons. The highest BCUT2D eigenvalue weighted by atomic mass is 16.1. The lowest BCUT2D eigenvalue weighted by atomic mass is 10.1. The number of aromatic amines is 1. The van der Waals surface area contributed by atoms with Crippen LogP contribution < -0.4 is 11.3 Å². The van der Waals surface area contributed by atoms with E-state index in [-0.39, 0.29) is 24.1 Å². The van der Waals surface area contributed by atoms with Crippen molar-refractivity contribution < 1.29 is 0 Å². The molecule has 0 amide bonds. The van der Waals surface area contributed by atoms with Gasteiger partial charge >= 0.3 is 0 Å². The van der Waals surface area contributed by atoms with Gasteiger partial charge in [-0.1, -0.05) is 7.43 Å². The molecular weight excluding hydrogens is 382 g/mol. The fourth-order valence-corrected chi connectivity index (χ4v) is 2.85.